The molecule has 0 saturated heterocycles. The zero-order valence-electron chi connectivity index (χ0n) is 6.53. The molecule has 1 rings (SSSR count). The summed E-state index contributed by atoms with van der Waals surface area (Å²) in [7, 11) is 0.188. The van der Waals surface area contributed by atoms with Gasteiger partial charge in [-0.2, -0.15) is 0 Å². The molecule has 0 aromatic rings. The topological polar surface area (TPSA) is 0 Å². The lowest BCUT2D eigenvalue weighted by atomic mass is 10.4. The number of rotatable bonds is 1. The smallest absolute Gasteiger partial charge is 0.0415 e. The van der Waals surface area contributed by atoms with E-state index in [0.717, 1.165) is 0 Å². The molecule has 1 saturated carbocycles. The van der Waals surface area contributed by atoms with Crippen LogP contribution < -0.4 is 0 Å². The Kier molecular flexibility index (Phi) is 7.92. The Labute approximate surface area is 61.2 Å². The Morgan fingerprint density at radius 2 is 1.33 bits per heavy atom. The van der Waals surface area contributed by atoms with Crippen molar-refractivity contribution in [3.05, 3.63) is 12.3 Å². The van der Waals surface area contributed by atoms with Crippen LogP contribution in [0.5, 0.6) is 0 Å². The predicted molar refractivity (Wildman–Crippen MR) is 47.7 cm³/mol. The Balaban J connectivity index is 0.000000148. The van der Waals surface area contributed by atoms with E-state index in [1.54, 1.807) is 0 Å². The van der Waals surface area contributed by atoms with Crippen LogP contribution in [0.15, 0.2) is 12.3 Å². The first-order valence-corrected chi connectivity index (χ1v) is 6.25. The molecule has 0 unspecified atom stereocenters. The highest BCUT2D eigenvalue weighted by Crippen LogP contribution is 2.15. The van der Waals surface area contributed by atoms with E-state index in [4.69, 9.17) is 0 Å². The minimum absolute atomic E-state index is 0.188. The van der Waals surface area contributed by atoms with Crippen LogP contribution in [-0.4, -0.2) is 9.52 Å². The lowest BCUT2D eigenvalue weighted by Gasteiger charge is -1.67. The largest absolute Gasteiger partial charge is 0.109 e. The maximum absolute atomic E-state index is 3.54. The fraction of sp³-hybridized carbons (Fsp3) is 0.750. The molecule has 0 aromatic heterocycles. The molecule has 1 fully saturated rings. The van der Waals surface area contributed by atoms with Crippen LogP contribution in [0.2, 0.25) is 6.55 Å². The highest BCUT2D eigenvalue weighted by atomic mass is 28.2. The van der Waals surface area contributed by atoms with Crippen molar-refractivity contribution in [1.82, 2.24) is 0 Å². The maximum Gasteiger partial charge on any atom is 0.0415 e. The molecule has 0 aliphatic heterocycles. The van der Waals surface area contributed by atoms with Gasteiger partial charge < -0.3 is 0 Å². The van der Waals surface area contributed by atoms with Crippen LogP contribution in [0.4, 0.5) is 0 Å². The van der Waals surface area contributed by atoms with Crippen molar-refractivity contribution in [2.45, 2.75) is 38.7 Å². The fourth-order valence-corrected chi connectivity index (χ4v) is 0.884. The summed E-state index contributed by atoms with van der Waals surface area (Å²) < 4.78 is 0. The van der Waals surface area contributed by atoms with Gasteiger partial charge in [-0.3, -0.25) is 0 Å². The lowest BCUT2D eigenvalue weighted by Crippen LogP contribution is -1.61. The van der Waals surface area contributed by atoms with Gasteiger partial charge in [-0.15, -0.1) is 12.3 Å². The van der Waals surface area contributed by atoms with Crippen LogP contribution >= 0.6 is 0 Å². The Hall–Kier alpha value is -0.0431. The summed E-state index contributed by atoms with van der Waals surface area (Å²) in [6.07, 6.45) is 7.50. The summed E-state index contributed by atoms with van der Waals surface area (Å²) in [6, 6.07) is 0. The summed E-state index contributed by atoms with van der Waals surface area (Å²) in [6.45, 7) is 5.74. The second kappa shape index (κ2) is 7.96. The van der Waals surface area contributed by atoms with Crippen LogP contribution in [0.25, 0.3) is 0 Å². The van der Waals surface area contributed by atoms with Crippen LogP contribution in [0.1, 0.15) is 32.1 Å². The van der Waals surface area contributed by atoms with Crippen molar-refractivity contribution in [3.8, 4) is 0 Å². The van der Waals surface area contributed by atoms with Crippen LogP contribution in [0, 0.1) is 0 Å². The second-order valence-corrected chi connectivity index (χ2v) is 3.86. The molecule has 0 spiro atoms. The Bertz CT molecular complexity index is 48.0. The minimum atomic E-state index is 0.188. The summed E-state index contributed by atoms with van der Waals surface area (Å²) in [5.74, 6) is 0. The third-order valence-electron chi connectivity index (χ3n) is 1.54. The van der Waals surface area contributed by atoms with E-state index in [9.17, 15) is 0 Å². The molecule has 0 radical (unpaired) electrons. The first-order valence-electron chi connectivity index (χ1n) is 4.02. The average molecular weight is 142 g/mol. The monoisotopic (exact) mass is 142 g/mol. The molecule has 54 valence electrons. The lowest BCUT2D eigenvalue weighted by molar-refractivity contribution is 0.886. The van der Waals surface area contributed by atoms with Crippen molar-refractivity contribution in [3.63, 3.8) is 0 Å². The molecule has 1 heteroatoms. The summed E-state index contributed by atoms with van der Waals surface area (Å²) >= 11 is 0. The quantitative estimate of drug-likeness (QED) is 0.493. The zero-order valence-corrected chi connectivity index (χ0v) is 7.94. The van der Waals surface area contributed by atoms with Gasteiger partial charge in [0.15, 0.2) is 0 Å². The van der Waals surface area contributed by atoms with Gasteiger partial charge in [-0.1, -0.05) is 38.7 Å². The van der Waals surface area contributed by atoms with E-state index in [2.05, 4.69) is 13.1 Å². The molecule has 0 bridgehead atoms. The van der Waals surface area contributed by atoms with Crippen LogP contribution in [0.3, 0.4) is 0 Å². The molecule has 0 atom stereocenters. The third kappa shape index (κ3) is 7.96. The predicted octanol–water partition coefficient (Wildman–Crippen LogP) is 2.30. The van der Waals surface area contributed by atoms with Gasteiger partial charge in [-0.05, 0) is 0 Å². The molecule has 0 amide bonds. The van der Waals surface area contributed by atoms with Crippen molar-refractivity contribution in [1.29, 1.82) is 0 Å². The van der Waals surface area contributed by atoms with Crippen molar-refractivity contribution >= 4 is 9.52 Å². The van der Waals surface area contributed by atoms with Crippen molar-refractivity contribution in [2.24, 2.45) is 0 Å². The average Bonchev–Trinajstić information content (AvgIpc) is 2.43. The molecular weight excluding hydrogens is 124 g/mol. The van der Waals surface area contributed by atoms with Gasteiger partial charge >= 0.3 is 0 Å². The molecule has 1 aliphatic rings. The highest BCUT2D eigenvalue weighted by Gasteiger charge is 1.95. The van der Waals surface area contributed by atoms with E-state index in [1.807, 2.05) is 5.70 Å². The second-order valence-electron chi connectivity index (χ2n) is 2.46. The van der Waals surface area contributed by atoms with Crippen molar-refractivity contribution < 1.29 is 0 Å². The summed E-state index contributed by atoms with van der Waals surface area (Å²) in [4.78, 5) is 0. The molecule has 0 N–H and O–H groups in total. The standard InChI is InChI=1S/C5H10.C3H8Si/c1-2-4-5-3-1;1-3-4-2/h1-5H2;3H,1,4H2,2H3. The highest BCUT2D eigenvalue weighted by molar-refractivity contribution is 6.39. The van der Waals surface area contributed by atoms with E-state index >= 15 is 0 Å². The minimum Gasteiger partial charge on any atom is -0.109 e. The van der Waals surface area contributed by atoms with Crippen LogP contribution in [-0.2, 0) is 0 Å². The molecule has 0 aromatic carbocycles. The number of hydrogen-bond acceptors (Lipinski definition) is 0. The van der Waals surface area contributed by atoms with Gasteiger partial charge in [0.25, 0.3) is 0 Å². The van der Waals surface area contributed by atoms with Gasteiger partial charge in [0.1, 0.15) is 0 Å². The zero-order chi connectivity index (χ0) is 6.95. The fourth-order valence-electron chi connectivity index (χ4n) is 0.884. The SMILES string of the molecule is C1CCCC1.C=C[SiH2]C. The number of hydrogen-bond donors (Lipinski definition) is 0. The molecule has 0 heterocycles. The van der Waals surface area contributed by atoms with Gasteiger partial charge in [-0.25, -0.2) is 0 Å². The first kappa shape index (κ1) is 8.96. The Morgan fingerprint density at radius 1 is 1.11 bits per heavy atom. The summed E-state index contributed by atoms with van der Waals surface area (Å²) in [5.41, 5.74) is 2.01. The maximum atomic E-state index is 3.54. The van der Waals surface area contributed by atoms with Gasteiger partial charge in [0, 0.05) is 9.52 Å². The first-order chi connectivity index (χ1) is 4.41. The van der Waals surface area contributed by atoms with Gasteiger partial charge in [0.2, 0.25) is 0 Å². The van der Waals surface area contributed by atoms with Gasteiger partial charge in [0.05, 0.1) is 0 Å². The Morgan fingerprint density at radius 3 is 1.44 bits per heavy atom. The third-order valence-corrected chi connectivity index (χ3v) is 2.12. The molecule has 9 heavy (non-hydrogen) atoms. The molecule has 0 nitrogen and oxygen atoms in total. The molecule has 1 aliphatic carbocycles. The normalized spacial score (nSPS) is 17.4. The van der Waals surface area contributed by atoms with Crippen molar-refractivity contribution in [2.75, 3.05) is 0 Å². The van der Waals surface area contributed by atoms with E-state index in [0.29, 0.717) is 0 Å². The van der Waals surface area contributed by atoms with E-state index < -0.39 is 0 Å². The van der Waals surface area contributed by atoms with E-state index in [-0.39, 0.29) is 9.52 Å². The molecular formula is C8H18Si. The van der Waals surface area contributed by atoms with E-state index in [1.165, 1.54) is 32.1 Å². The summed E-state index contributed by atoms with van der Waals surface area (Å²) in [5, 5.41) is 0.